The molecule has 0 radical (unpaired) electrons. The van der Waals surface area contributed by atoms with Crippen molar-refractivity contribution in [3.8, 4) is 0 Å². The quantitative estimate of drug-likeness (QED) is 0.844. The second-order valence-corrected chi connectivity index (χ2v) is 7.28. The van der Waals surface area contributed by atoms with Crippen LogP contribution in [0.15, 0.2) is 0 Å². The number of Topliss-reactive ketones (excluding diaryl/α,β-unsaturated/α-hetero) is 1. The van der Waals surface area contributed by atoms with Crippen LogP contribution in [0.4, 0.5) is 4.39 Å². The number of nitrogens with one attached hydrogen (secondary N) is 1. The molecule has 0 heterocycles. The number of carbonyl (C=O) groups is 2. The summed E-state index contributed by atoms with van der Waals surface area (Å²) in [5.41, 5.74) is -0.898. The van der Waals surface area contributed by atoms with E-state index in [2.05, 4.69) is 5.32 Å². The van der Waals surface area contributed by atoms with E-state index in [9.17, 15) is 14.0 Å². The van der Waals surface area contributed by atoms with E-state index in [4.69, 9.17) is 0 Å². The fourth-order valence-corrected chi connectivity index (χ4v) is 1.79. The highest BCUT2D eigenvalue weighted by Gasteiger charge is 2.46. The third-order valence-corrected chi connectivity index (χ3v) is 3.20. The smallest absolute Gasteiger partial charge is 0.226 e. The van der Waals surface area contributed by atoms with Gasteiger partial charge in [0, 0.05) is 5.41 Å². The molecule has 1 fully saturated rings. The summed E-state index contributed by atoms with van der Waals surface area (Å²) in [5, 5.41) is 2.73. The molecule has 1 N–H and O–H groups in total. The van der Waals surface area contributed by atoms with Crippen molar-refractivity contribution < 1.29 is 14.0 Å². The predicted octanol–water partition coefficient (Wildman–Crippen LogP) is 2.49. The molecule has 0 aliphatic heterocycles. The van der Waals surface area contributed by atoms with E-state index in [0.717, 1.165) is 0 Å². The van der Waals surface area contributed by atoms with Crippen molar-refractivity contribution in [2.45, 2.75) is 60.2 Å². The van der Waals surface area contributed by atoms with Crippen LogP contribution in [0.5, 0.6) is 0 Å². The lowest BCUT2D eigenvalue weighted by atomic mass is 9.75. The highest BCUT2D eigenvalue weighted by atomic mass is 19.1. The molecule has 0 spiro atoms. The summed E-state index contributed by atoms with van der Waals surface area (Å²) >= 11 is 0. The molecule has 1 rings (SSSR count). The molecule has 1 aliphatic carbocycles. The number of hydrogen-bond acceptors (Lipinski definition) is 2. The van der Waals surface area contributed by atoms with Crippen molar-refractivity contribution in [1.82, 2.24) is 5.32 Å². The molecule has 4 heteroatoms. The molecule has 1 amide bonds. The van der Waals surface area contributed by atoms with Gasteiger partial charge in [-0.15, -0.1) is 0 Å². The Kier molecular flexibility index (Phi) is 3.89. The third kappa shape index (κ3) is 3.53. The van der Waals surface area contributed by atoms with Gasteiger partial charge in [-0.05, 0) is 11.8 Å². The van der Waals surface area contributed by atoms with E-state index in [1.807, 2.05) is 41.5 Å². The first-order valence-corrected chi connectivity index (χ1v) is 6.43. The van der Waals surface area contributed by atoms with Crippen LogP contribution in [-0.4, -0.2) is 23.9 Å². The predicted molar refractivity (Wildman–Crippen MR) is 68.9 cm³/mol. The average Bonchev–Trinajstić information content (AvgIpc) is 2.87. The van der Waals surface area contributed by atoms with Gasteiger partial charge in [-0.2, -0.15) is 0 Å². The molecule has 1 saturated carbocycles. The summed E-state index contributed by atoms with van der Waals surface area (Å²) in [6, 6.07) is -0.571. The van der Waals surface area contributed by atoms with E-state index in [1.165, 1.54) is 0 Å². The molecule has 0 bridgehead atoms. The SMILES string of the molecule is CC(C)(C)C(=O)[C@@H](NC(=O)[C@@H]1C[C@@H]1F)C(C)(C)C. The van der Waals surface area contributed by atoms with Crippen LogP contribution in [0.1, 0.15) is 48.0 Å². The van der Waals surface area contributed by atoms with Gasteiger partial charge in [-0.3, -0.25) is 9.59 Å². The lowest BCUT2D eigenvalue weighted by Crippen LogP contribution is -2.53. The van der Waals surface area contributed by atoms with Gasteiger partial charge in [-0.1, -0.05) is 41.5 Å². The van der Waals surface area contributed by atoms with Crippen LogP contribution >= 0.6 is 0 Å². The monoisotopic (exact) mass is 257 g/mol. The summed E-state index contributed by atoms with van der Waals surface area (Å²) in [4.78, 5) is 24.2. The normalized spacial score (nSPS) is 25.5. The highest BCUT2D eigenvalue weighted by Crippen LogP contribution is 2.35. The van der Waals surface area contributed by atoms with Gasteiger partial charge in [0.25, 0.3) is 0 Å². The number of carbonyl (C=O) groups excluding carboxylic acids is 2. The van der Waals surface area contributed by atoms with Crippen molar-refractivity contribution in [1.29, 1.82) is 0 Å². The molecule has 0 unspecified atom stereocenters. The Balaban J connectivity index is 2.80. The minimum atomic E-state index is -1.03. The molecule has 18 heavy (non-hydrogen) atoms. The molecule has 0 aromatic heterocycles. The number of rotatable bonds is 3. The average molecular weight is 257 g/mol. The zero-order chi connectivity index (χ0) is 14.3. The topological polar surface area (TPSA) is 46.2 Å². The Labute approximate surface area is 109 Å². The van der Waals surface area contributed by atoms with E-state index in [0.29, 0.717) is 0 Å². The summed E-state index contributed by atoms with van der Waals surface area (Å²) in [6.07, 6.45) is -0.748. The van der Waals surface area contributed by atoms with Crippen LogP contribution in [-0.2, 0) is 9.59 Å². The first kappa shape index (κ1) is 15.1. The van der Waals surface area contributed by atoms with Crippen molar-refractivity contribution >= 4 is 11.7 Å². The van der Waals surface area contributed by atoms with E-state index >= 15 is 0 Å². The molecule has 0 aromatic rings. The lowest BCUT2D eigenvalue weighted by molar-refractivity contribution is -0.135. The summed E-state index contributed by atoms with van der Waals surface area (Å²) in [5.74, 6) is -0.901. The van der Waals surface area contributed by atoms with Gasteiger partial charge in [0.05, 0.1) is 12.0 Å². The Morgan fingerprint density at radius 3 is 1.89 bits per heavy atom. The summed E-state index contributed by atoms with van der Waals surface area (Å²) in [7, 11) is 0. The fourth-order valence-electron chi connectivity index (χ4n) is 1.79. The van der Waals surface area contributed by atoms with Gasteiger partial charge in [0.2, 0.25) is 5.91 Å². The number of hydrogen-bond donors (Lipinski definition) is 1. The van der Waals surface area contributed by atoms with Crippen molar-refractivity contribution in [3.63, 3.8) is 0 Å². The maximum absolute atomic E-state index is 12.9. The zero-order valence-electron chi connectivity index (χ0n) is 12.1. The molecule has 1 aliphatic rings. The van der Waals surface area contributed by atoms with Gasteiger partial charge in [-0.25, -0.2) is 4.39 Å². The minimum absolute atomic E-state index is 0.0144. The standard InChI is InChI=1S/C14H24FNO2/c1-13(2,3)10(11(17)14(4,5)6)16-12(18)8-7-9(8)15/h8-10H,7H2,1-6H3,(H,16,18)/t8-,9+,10-/m1/s1. The minimum Gasteiger partial charge on any atom is -0.345 e. The lowest BCUT2D eigenvalue weighted by Gasteiger charge is -2.34. The molecule has 0 saturated heterocycles. The Morgan fingerprint density at radius 2 is 1.61 bits per heavy atom. The van der Waals surface area contributed by atoms with E-state index in [-0.39, 0.29) is 23.5 Å². The number of ketones is 1. The number of alkyl halides is 1. The molecular weight excluding hydrogens is 233 g/mol. The molecule has 104 valence electrons. The second-order valence-electron chi connectivity index (χ2n) is 7.28. The Morgan fingerprint density at radius 1 is 1.17 bits per heavy atom. The number of halogens is 1. The molecular formula is C14H24FNO2. The third-order valence-electron chi connectivity index (χ3n) is 3.20. The van der Waals surface area contributed by atoms with E-state index in [1.54, 1.807) is 0 Å². The van der Waals surface area contributed by atoms with Crippen LogP contribution in [0.3, 0.4) is 0 Å². The van der Waals surface area contributed by atoms with Crippen molar-refractivity contribution in [2.75, 3.05) is 0 Å². The van der Waals surface area contributed by atoms with Crippen LogP contribution in [0.2, 0.25) is 0 Å². The second kappa shape index (κ2) is 4.63. The van der Waals surface area contributed by atoms with Gasteiger partial charge >= 0.3 is 0 Å². The number of amides is 1. The summed E-state index contributed by atoms with van der Waals surface area (Å²) < 4.78 is 12.9. The van der Waals surface area contributed by atoms with Crippen LogP contribution < -0.4 is 5.32 Å². The summed E-state index contributed by atoms with van der Waals surface area (Å²) in [6.45, 7) is 11.2. The first-order chi connectivity index (χ1) is 7.94. The Bertz CT molecular complexity index is 352. The largest absolute Gasteiger partial charge is 0.345 e. The van der Waals surface area contributed by atoms with Crippen LogP contribution in [0.25, 0.3) is 0 Å². The fraction of sp³-hybridized carbons (Fsp3) is 0.857. The van der Waals surface area contributed by atoms with Gasteiger partial charge < -0.3 is 5.32 Å². The zero-order valence-corrected chi connectivity index (χ0v) is 12.1. The molecule has 0 aromatic carbocycles. The molecule has 3 atom stereocenters. The van der Waals surface area contributed by atoms with Gasteiger partial charge in [0.15, 0.2) is 5.78 Å². The van der Waals surface area contributed by atoms with Crippen molar-refractivity contribution in [3.05, 3.63) is 0 Å². The maximum Gasteiger partial charge on any atom is 0.226 e. The van der Waals surface area contributed by atoms with E-state index < -0.39 is 23.5 Å². The first-order valence-electron chi connectivity index (χ1n) is 6.43. The van der Waals surface area contributed by atoms with Crippen LogP contribution in [0, 0.1) is 16.7 Å². The van der Waals surface area contributed by atoms with Gasteiger partial charge in [0.1, 0.15) is 6.17 Å². The Hall–Kier alpha value is -0.930. The molecule has 3 nitrogen and oxygen atoms in total. The maximum atomic E-state index is 12.9. The highest BCUT2D eigenvalue weighted by molar-refractivity contribution is 5.94. The van der Waals surface area contributed by atoms with Crippen molar-refractivity contribution in [2.24, 2.45) is 16.7 Å².